The minimum Gasteiger partial charge on any atom is -0.497 e. The number of ether oxygens (including phenoxy) is 2. The van der Waals surface area contributed by atoms with Crippen molar-refractivity contribution in [3.8, 4) is 11.5 Å². The Kier molecular flexibility index (Phi) is 4.85. The lowest BCUT2D eigenvalue weighted by atomic mass is 9.85. The smallest absolute Gasteiger partial charge is 0.118 e. The fourth-order valence-corrected chi connectivity index (χ4v) is 2.93. The average molecular weight is 318 g/mol. The zero-order valence-electron chi connectivity index (χ0n) is 14.3. The molecule has 0 N–H and O–H groups in total. The Labute approximate surface area is 143 Å². The SMILES string of the molecule is COc1ccc(C(c2ccc(C)cc2)c2ccc(OC)cc2)cc1. The summed E-state index contributed by atoms with van der Waals surface area (Å²) >= 11 is 0. The summed E-state index contributed by atoms with van der Waals surface area (Å²) in [6, 6.07) is 25.3. The Bertz CT molecular complexity index is 724. The summed E-state index contributed by atoms with van der Waals surface area (Å²) in [5, 5.41) is 0. The summed E-state index contributed by atoms with van der Waals surface area (Å²) in [5.41, 5.74) is 5.02. The van der Waals surface area contributed by atoms with Crippen LogP contribution in [0.4, 0.5) is 0 Å². The van der Waals surface area contributed by atoms with Gasteiger partial charge in [-0.2, -0.15) is 0 Å². The highest BCUT2D eigenvalue weighted by atomic mass is 16.5. The van der Waals surface area contributed by atoms with E-state index in [-0.39, 0.29) is 5.92 Å². The zero-order valence-corrected chi connectivity index (χ0v) is 14.3. The van der Waals surface area contributed by atoms with Gasteiger partial charge in [0, 0.05) is 5.92 Å². The second-order valence-electron chi connectivity index (χ2n) is 5.89. The van der Waals surface area contributed by atoms with Gasteiger partial charge in [0.05, 0.1) is 14.2 Å². The van der Waals surface area contributed by atoms with Crippen LogP contribution in [-0.2, 0) is 0 Å². The largest absolute Gasteiger partial charge is 0.497 e. The van der Waals surface area contributed by atoms with E-state index in [4.69, 9.17) is 9.47 Å². The molecule has 0 amide bonds. The van der Waals surface area contributed by atoms with Crippen LogP contribution in [0.3, 0.4) is 0 Å². The third kappa shape index (κ3) is 3.43. The van der Waals surface area contributed by atoms with Gasteiger partial charge >= 0.3 is 0 Å². The standard InChI is InChI=1S/C22H22O2/c1-16-4-6-17(7-5-16)22(18-8-12-20(23-2)13-9-18)19-10-14-21(24-3)15-11-19/h4-15,22H,1-3H3. The molecule has 0 heterocycles. The van der Waals surface area contributed by atoms with Gasteiger partial charge < -0.3 is 9.47 Å². The third-order valence-electron chi connectivity index (χ3n) is 4.31. The van der Waals surface area contributed by atoms with E-state index in [0.717, 1.165) is 11.5 Å². The summed E-state index contributed by atoms with van der Waals surface area (Å²) in [5.74, 6) is 1.93. The fourth-order valence-electron chi connectivity index (χ4n) is 2.93. The van der Waals surface area contributed by atoms with Gasteiger partial charge in [0.2, 0.25) is 0 Å². The molecule has 0 aliphatic rings. The van der Waals surface area contributed by atoms with Gasteiger partial charge in [-0.15, -0.1) is 0 Å². The highest BCUT2D eigenvalue weighted by Gasteiger charge is 2.17. The van der Waals surface area contributed by atoms with E-state index in [2.05, 4.69) is 55.5 Å². The van der Waals surface area contributed by atoms with Crippen LogP contribution in [-0.4, -0.2) is 14.2 Å². The van der Waals surface area contributed by atoms with E-state index in [1.807, 2.05) is 24.3 Å². The van der Waals surface area contributed by atoms with Gasteiger partial charge in [-0.1, -0.05) is 54.1 Å². The molecule has 0 bridgehead atoms. The summed E-state index contributed by atoms with van der Waals surface area (Å²) in [4.78, 5) is 0. The molecular weight excluding hydrogens is 296 g/mol. The van der Waals surface area contributed by atoms with Gasteiger partial charge in [0.15, 0.2) is 0 Å². The Hall–Kier alpha value is -2.74. The normalized spacial score (nSPS) is 10.7. The first-order valence-electron chi connectivity index (χ1n) is 8.05. The molecule has 0 radical (unpaired) electrons. The number of aryl methyl sites for hydroxylation is 1. The molecule has 3 rings (SSSR count). The predicted octanol–water partition coefficient (Wildman–Crippen LogP) is 5.19. The second-order valence-corrected chi connectivity index (χ2v) is 5.89. The quantitative estimate of drug-likeness (QED) is 0.603. The van der Waals surface area contributed by atoms with Crippen molar-refractivity contribution in [2.24, 2.45) is 0 Å². The highest BCUT2D eigenvalue weighted by molar-refractivity contribution is 5.46. The van der Waals surface area contributed by atoms with Crippen molar-refractivity contribution in [2.75, 3.05) is 14.2 Å². The van der Waals surface area contributed by atoms with Crippen LogP contribution in [0.15, 0.2) is 72.8 Å². The zero-order chi connectivity index (χ0) is 16.9. The second kappa shape index (κ2) is 7.22. The van der Waals surface area contributed by atoms with E-state index in [1.165, 1.54) is 22.3 Å². The van der Waals surface area contributed by atoms with Crippen LogP contribution in [0.2, 0.25) is 0 Å². The lowest BCUT2D eigenvalue weighted by Crippen LogP contribution is -2.03. The number of hydrogen-bond acceptors (Lipinski definition) is 2. The molecule has 2 nitrogen and oxygen atoms in total. The predicted molar refractivity (Wildman–Crippen MR) is 98.1 cm³/mol. The molecule has 0 aliphatic heterocycles. The monoisotopic (exact) mass is 318 g/mol. The summed E-state index contributed by atoms with van der Waals surface area (Å²) in [6.45, 7) is 2.11. The Morgan fingerprint density at radius 3 is 1.21 bits per heavy atom. The van der Waals surface area contributed by atoms with Crippen molar-refractivity contribution in [1.29, 1.82) is 0 Å². The maximum Gasteiger partial charge on any atom is 0.118 e. The van der Waals surface area contributed by atoms with Crippen LogP contribution in [0, 0.1) is 6.92 Å². The molecule has 24 heavy (non-hydrogen) atoms. The summed E-state index contributed by atoms with van der Waals surface area (Å²) in [7, 11) is 3.38. The van der Waals surface area contributed by atoms with Gasteiger partial charge in [-0.3, -0.25) is 0 Å². The fraction of sp³-hybridized carbons (Fsp3) is 0.182. The number of benzene rings is 3. The van der Waals surface area contributed by atoms with Crippen LogP contribution in [0.25, 0.3) is 0 Å². The Balaban J connectivity index is 2.06. The lowest BCUT2D eigenvalue weighted by molar-refractivity contribution is 0.414. The van der Waals surface area contributed by atoms with Crippen LogP contribution >= 0.6 is 0 Å². The Morgan fingerprint density at radius 2 is 0.875 bits per heavy atom. The summed E-state index contributed by atoms with van der Waals surface area (Å²) < 4.78 is 10.6. The van der Waals surface area contributed by atoms with Gasteiger partial charge in [0.25, 0.3) is 0 Å². The van der Waals surface area contributed by atoms with Gasteiger partial charge in [-0.25, -0.2) is 0 Å². The van der Waals surface area contributed by atoms with Crippen LogP contribution in [0.1, 0.15) is 28.2 Å². The number of methoxy groups -OCH3 is 2. The molecule has 0 saturated heterocycles. The molecule has 122 valence electrons. The number of rotatable bonds is 5. The maximum absolute atomic E-state index is 5.29. The van der Waals surface area contributed by atoms with E-state index in [9.17, 15) is 0 Å². The molecule has 3 aromatic rings. The van der Waals surface area contributed by atoms with Crippen molar-refractivity contribution in [3.05, 3.63) is 95.1 Å². The summed E-state index contributed by atoms with van der Waals surface area (Å²) in [6.07, 6.45) is 0. The molecule has 2 heteroatoms. The van der Waals surface area contributed by atoms with E-state index in [0.29, 0.717) is 0 Å². The molecule has 3 aromatic carbocycles. The first-order chi connectivity index (χ1) is 11.7. The Morgan fingerprint density at radius 1 is 0.542 bits per heavy atom. The molecule has 0 aliphatic carbocycles. The van der Waals surface area contributed by atoms with Crippen molar-refractivity contribution in [1.82, 2.24) is 0 Å². The number of hydrogen-bond donors (Lipinski definition) is 0. The van der Waals surface area contributed by atoms with Crippen molar-refractivity contribution >= 4 is 0 Å². The molecule has 0 saturated carbocycles. The molecule has 0 fully saturated rings. The first-order valence-corrected chi connectivity index (χ1v) is 8.05. The van der Waals surface area contributed by atoms with Crippen LogP contribution < -0.4 is 9.47 Å². The highest BCUT2D eigenvalue weighted by Crippen LogP contribution is 2.33. The van der Waals surface area contributed by atoms with E-state index >= 15 is 0 Å². The third-order valence-corrected chi connectivity index (χ3v) is 4.31. The van der Waals surface area contributed by atoms with Crippen molar-refractivity contribution in [2.45, 2.75) is 12.8 Å². The van der Waals surface area contributed by atoms with Gasteiger partial charge in [0.1, 0.15) is 11.5 Å². The van der Waals surface area contributed by atoms with E-state index in [1.54, 1.807) is 14.2 Å². The topological polar surface area (TPSA) is 18.5 Å². The van der Waals surface area contributed by atoms with Crippen LogP contribution in [0.5, 0.6) is 11.5 Å². The maximum atomic E-state index is 5.29. The van der Waals surface area contributed by atoms with Crippen molar-refractivity contribution in [3.63, 3.8) is 0 Å². The first kappa shape index (κ1) is 16.1. The molecule has 0 aromatic heterocycles. The molecular formula is C22H22O2. The minimum absolute atomic E-state index is 0.183. The molecule has 0 spiro atoms. The average Bonchev–Trinajstić information content (AvgIpc) is 2.64. The lowest BCUT2D eigenvalue weighted by Gasteiger charge is -2.20. The van der Waals surface area contributed by atoms with Crippen molar-refractivity contribution < 1.29 is 9.47 Å². The van der Waals surface area contributed by atoms with Gasteiger partial charge in [-0.05, 0) is 47.9 Å². The minimum atomic E-state index is 0.183. The molecule has 0 atom stereocenters. The molecule has 0 unspecified atom stereocenters. The van der Waals surface area contributed by atoms with E-state index < -0.39 is 0 Å².